The summed E-state index contributed by atoms with van der Waals surface area (Å²) in [6.45, 7) is 5.79. The van der Waals surface area contributed by atoms with Gasteiger partial charge in [0.25, 0.3) is 5.91 Å². The van der Waals surface area contributed by atoms with Crippen LogP contribution in [0.15, 0.2) is 60.0 Å². The molecule has 0 spiro atoms. The van der Waals surface area contributed by atoms with E-state index in [4.69, 9.17) is 4.74 Å². The van der Waals surface area contributed by atoms with Crippen molar-refractivity contribution in [3.8, 4) is 0 Å². The Bertz CT molecular complexity index is 942. The molecule has 1 N–H and O–H groups in total. The maximum Gasteiger partial charge on any atom is 0.349 e. The number of aryl methyl sites for hydroxylation is 3. The Morgan fingerprint density at radius 3 is 2.22 bits per heavy atom. The van der Waals surface area contributed by atoms with Gasteiger partial charge in [-0.15, -0.1) is 11.3 Å². The first-order valence-electron chi connectivity index (χ1n) is 8.63. The van der Waals surface area contributed by atoms with E-state index in [1.54, 1.807) is 12.1 Å². The molecule has 0 saturated heterocycles. The molecule has 4 nitrogen and oxygen atoms in total. The summed E-state index contributed by atoms with van der Waals surface area (Å²) in [5.41, 5.74) is 4.25. The molecule has 0 aliphatic carbocycles. The van der Waals surface area contributed by atoms with Crippen molar-refractivity contribution in [3.05, 3.63) is 87.1 Å². The lowest BCUT2D eigenvalue weighted by molar-refractivity contribution is -0.125. The van der Waals surface area contributed by atoms with Crippen molar-refractivity contribution >= 4 is 28.9 Å². The number of hydrogen-bond donors (Lipinski definition) is 1. The van der Waals surface area contributed by atoms with Gasteiger partial charge in [0, 0.05) is 11.3 Å². The summed E-state index contributed by atoms with van der Waals surface area (Å²) < 4.78 is 5.62. The lowest BCUT2D eigenvalue weighted by Crippen LogP contribution is -2.26. The molecule has 0 aliphatic rings. The Morgan fingerprint density at radius 2 is 1.63 bits per heavy atom. The highest BCUT2D eigenvalue weighted by Crippen LogP contribution is 2.25. The second-order valence-corrected chi connectivity index (χ2v) is 7.41. The van der Waals surface area contributed by atoms with E-state index in [9.17, 15) is 9.59 Å². The van der Waals surface area contributed by atoms with Crippen molar-refractivity contribution < 1.29 is 14.3 Å². The summed E-state index contributed by atoms with van der Waals surface area (Å²) in [5, 5.41) is 4.71. The predicted molar refractivity (Wildman–Crippen MR) is 108 cm³/mol. The number of amides is 1. The largest absolute Gasteiger partial charge is 0.443 e. The third-order valence-corrected chi connectivity index (χ3v) is 5.10. The van der Waals surface area contributed by atoms with Crippen LogP contribution in [0.4, 0.5) is 5.69 Å². The molecule has 1 amide bonds. The standard InChI is InChI=1S/C22H21NO3S/c1-14-11-15(2)13-18(12-14)23-21(24)19(17-7-5-4-6-8-17)26-22(25)20-16(3)9-10-27-20/h4-13,19H,1-3H3,(H,23,24)/t19-/m0/s1. The first kappa shape index (κ1) is 18.9. The van der Waals surface area contributed by atoms with Gasteiger partial charge < -0.3 is 10.1 Å². The minimum absolute atomic E-state index is 0.381. The van der Waals surface area contributed by atoms with Gasteiger partial charge in [-0.3, -0.25) is 4.79 Å². The number of benzene rings is 2. The fraction of sp³-hybridized carbons (Fsp3) is 0.182. The molecule has 1 aromatic heterocycles. The Balaban J connectivity index is 1.86. The number of esters is 1. The number of thiophene rings is 1. The van der Waals surface area contributed by atoms with Crippen molar-refractivity contribution in [2.75, 3.05) is 5.32 Å². The van der Waals surface area contributed by atoms with Crippen LogP contribution in [0.2, 0.25) is 0 Å². The molecule has 0 saturated carbocycles. The number of hydrogen-bond acceptors (Lipinski definition) is 4. The number of ether oxygens (including phenoxy) is 1. The number of carbonyl (C=O) groups is 2. The second kappa shape index (κ2) is 8.18. The average Bonchev–Trinajstić information content (AvgIpc) is 3.05. The lowest BCUT2D eigenvalue weighted by atomic mass is 10.1. The maximum absolute atomic E-state index is 12.9. The second-order valence-electron chi connectivity index (χ2n) is 6.49. The van der Waals surface area contributed by atoms with E-state index in [-0.39, 0.29) is 5.91 Å². The van der Waals surface area contributed by atoms with Crippen LogP contribution in [0.25, 0.3) is 0 Å². The molecule has 2 aromatic carbocycles. The zero-order chi connectivity index (χ0) is 19.4. The Kier molecular flexibility index (Phi) is 5.72. The fourth-order valence-corrected chi connectivity index (χ4v) is 3.70. The summed E-state index contributed by atoms with van der Waals surface area (Å²) in [7, 11) is 0. The predicted octanol–water partition coefficient (Wildman–Crippen LogP) is 5.21. The van der Waals surface area contributed by atoms with E-state index >= 15 is 0 Å². The topological polar surface area (TPSA) is 55.4 Å². The average molecular weight is 379 g/mol. The summed E-state index contributed by atoms with van der Waals surface area (Å²) >= 11 is 1.31. The highest BCUT2D eigenvalue weighted by Gasteiger charge is 2.27. The third-order valence-electron chi connectivity index (χ3n) is 4.10. The first-order chi connectivity index (χ1) is 12.9. The molecule has 0 bridgehead atoms. The number of nitrogens with one attached hydrogen (secondary N) is 1. The van der Waals surface area contributed by atoms with Gasteiger partial charge in [-0.2, -0.15) is 0 Å². The monoisotopic (exact) mass is 379 g/mol. The van der Waals surface area contributed by atoms with Crippen molar-refractivity contribution in [3.63, 3.8) is 0 Å². The molecule has 0 aliphatic heterocycles. The summed E-state index contributed by atoms with van der Waals surface area (Å²) in [4.78, 5) is 26.0. The van der Waals surface area contributed by atoms with Crippen LogP contribution in [-0.4, -0.2) is 11.9 Å². The highest BCUT2D eigenvalue weighted by atomic mass is 32.1. The van der Waals surface area contributed by atoms with Crippen LogP contribution in [0.1, 0.15) is 38.0 Å². The quantitative estimate of drug-likeness (QED) is 0.619. The molecule has 3 aromatic rings. The van der Waals surface area contributed by atoms with Gasteiger partial charge in [-0.05, 0) is 61.0 Å². The van der Waals surface area contributed by atoms with Gasteiger partial charge in [0.15, 0.2) is 0 Å². The van der Waals surface area contributed by atoms with Gasteiger partial charge in [-0.25, -0.2) is 4.79 Å². The van der Waals surface area contributed by atoms with E-state index < -0.39 is 12.1 Å². The van der Waals surface area contributed by atoms with Crippen LogP contribution in [0, 0.1) is 20.8 Å². The number of anilines is 1. The minimum Gasteiger partial charge on any atom is -0.443 e. The van der Waals surface area contributed by atoms with Crippen LogP contribution >= 0.6 is 11.3 Å². The van der Waals surface area contributed by atoms with Crippen molar-refractivity contribution in [1.82, 2.24) is 0 Å². The number of rotatable bonds is 5. The molecule has 138 valence electrons. The smallest absolute Gasteiger partial charge is 0.349 e. The van der Waals surface area contributed by atoms with E-state index in [0.29, 0.717) is 16.1 Å². The summed E-state index contributed by atoms with van der Waals surface area (Å²) in [6, 6.07) is 16.7. The Morgan fingerprint density at radius 1 is 0.963 bits per heavy atom. The van der Waals surface area contributed by atoms with Crippen molar-refractivity contribution in [2.24, 2.45) is 0 Å². The molecule has 27 heavy (non-hydrogen) atoms. The van der Waals surface area contributed by atoms with E-state index in [0.717, 1.165) is 16.7 Å². The van der Waals surface area contributed by atoms with Crippen molar-refractivity contribution in [1.29, 1.82) is 0 Å². The molecule has 0 unspecified atom stereocenters. The Hall–Kier alpha value is -2.92. The summed E-state index contributed by atoms with van der Waals surface area (Å²) in [5.74, 6) is -0.874. The van der Waals surface area contributed by atoms with Gasteiger partial charge in [0.05, 0.1) is 0 Å². The van der Waals surface area contributed by atoms with Crippen LogP contribution in [0.5, 0.6) is 0 Å². The Labute approximate surface area is 162 Å². The van der Waals surface area contributed by atoms with Crippen molar-refractivity contribution in [2.45, 2.75) is 26.9 Å². The molecule has 1 heterocycles. The molecule has 3 rings (SSSR count). The molecule has 5 heteroatoms. The zero-order valence-electron chi connectivity index (χ0n) is 15.5. The minimum atomic E-state index is -1.03. The van der Waals surface area contributed by atoms with Gasteiger partial charge in [0.2, 0.25) is 6.10 Å². The summed E-state index contributed by atoms with van der Waals surface area (Å²) in [6.07, 6.45) is -1.03. The molecule has 0 radical (unpaired) electrons. The molecular formula is C22H21NO3S. The van der Waals surface area contributed by atoms with Crippen LogP contribution < -0.4 is 5.32 Å². The maximum atomic E-state index is 12.9. The third kappa shape index (κ3) is 4.63. The molecule has 1 atom stereocenters. The van der Waals surface area contributed by atoms with Gasteiger partial charge >= 0.3 is 5.97 Å². The highest BCUT2D eigenvalue weighted by molar-refractivity contribution is 7.12. The SMILES string of the molecule is Cc1cc(C)cc(NC(=O)[C@@H](OC(=O)c2sccc2C)c2ccccc2)c1. The van der Waals surface area contributed by atoms with Crippen LogP contribution in [-0.2, 0) is 9.53 Å². The zero-order valence-corrected chi connectivity index (χ0v) is 16.3. The van der Waals surface area contributed by atoms with E-state index in [2.05, 4.69) is 5.32 Å². The number of carbonyl (C=O) groups excluding carboxylic acids is 2. The van der Waals surface area contributed by atoms with Gasteiger partial charge in [-0.1, -0.05) is 36.4 Å². The fourth-order valence-electron chi connectivity index (χ4n) is 2.90. The van der Waals surface area contributed by atoms with Gasteiger partial charge in [0.1, 0.15) is 4.88 Å². The first-order valence-corrected chi connectivity index (χ1v) is 9.51. The normalized spacial score (nSPS) is 11.7. The molecule has 0 fully saturated rings. The van der Waals surface area contributed by atoms with E-state index in [1.807, 2.05) is 68.6 Å². The van der Waals surface area contributed by atoms with Crippen LogP contribution in [0.3, 0.4) is 0 Å². The molecular weight excluding hydrogens is 358 g/mol. The lowest BCUT2D eigenvalue weighted by Gasteiger charge is -2.18. The van der Waals surface area contributed by atoms with E-state index in [1.165, 1.54) is 11.3 Å².